The van der Waals surface area contributed by atoms with Crippen molar-refractivity contribution in [1.29, 1.82) is 0 Å². The van der Waals surface area contributed by atoms with Crippen LogP contribution in [-0.4, -0.2) is 16.8 Å². The third-order valence-corrected chi connectivity index (χ3v) is 3.87. The Bertz CT molecular complexity index is 938. The summed E-state index contributed by atoms with van der Waals surface area (Å²) in [5, 5.41) is 19.8. The molecule has 0 unspecified atom stereocenters. The average Bonchev–Trinajstić information content (AvgIpc) is 2.97. The fourth-order valence-electron chi connectivity index (χ4n) is 2.75. The maximum atomic E-state index is 12.7. The van der Waals surface area contributed by atoms with Crippen LogP contribution in [0.25, 0.3) is 22.1 Å². The smallest absolute Gasteiger partial charge is 0.204 e. The SMILES string of the molecule is O=c1c(-c2ccc(O)cc2)coc2cc3c(c(O)c12)OCC3. The summed E-state index contributed by atoms with van der Waals surface area (Å²) < 4.78 is 10.9. The second-order valence-electron chi connectivity index (χ2n) is 5.21. The van der Waals surface area contributed by atoms with E-state index in [1.165, 1.54) is 18.4 Å². The van der Waals surface area contributed by atoms with Gasteiger partial charge >= 0.3 is 0 Å². The first-order chi connectivity index (χ1) is 10.6. The monoisotopic (exact) mass is 296 g/mol. The quantitative estimate of drug-likeness (QED) is 0.722. The zero-order valence-electron chi connectivity index (χ0n) is 11.5. The molecule has 5 nitrogen and oxygen atoms in total. The van der Waals surface area contributed by atoms with Gasteiger partial charge < -0.3 is 19.4 Å². The lowest BCUT2D eigenvalue weighted by Crippen LogP contribution is -2.05. The maximum absolute atomic E-state index is 12.7. The first-order valence-corrected chi connectivity index (χ1v) is 6.87. The molecule has 2 heterocycles. The number of fused-ring (bicyclic) bond motifs is 2. The fourth-order valence-corrected chi connectivity index (χ4v) is 2.75. The van der Waals surface area contributed by atoms with Crippen molar-refractivity contribution in [2.45, 2.75) is 6.42 Å². The van der Waals surface area contributed by atoms with Crippen molar-refractivity contribution >= 4 is 11.0 Å². The largest absolute Gasteiger partial charge is 0.508 e. The normalized spacial score (nSPS) is 13.1. The summed E-state index contributed by atoms with van der Waals surface area (Å²) in [6, 6.07) is 7.96. The van der Waals surface area contributed by atoms with Gasteiger partial charge in [-0.3, -0.25) is 4.79 Å². The van der Waals surface area contributed by atoms with E-state index >= 15 is 0 Å². The topological polar surface area (TPSA) is 79.9 Å². The van der Waals surface area contributed by atoms with Crippen molar-refractivity contribution in [1.82, 2.24) is 0 Å². The third-order valence-electron chi connectivity index (χ3n) is 3.87. The van der Waals surface area contributed by atoms with Gasteiger partial charge in [-0.05, 0) is 23.8 Å². The average molecular weight is 296 g/mol. The van der Waals surface area contributed by atoms with Gasteiger partial charge in [0, 0.05) is 12.0 Å². The van der Waals surface area contributed by atoms with Crippen LogP contribution in [0.2, 0.25) is 0 Å². The molecule has 22 heavy (non-hydrogen) atoms. The van der Waals surface area contributed by atoms with Crippen LogP contribution in [0.4, 0.5) is 0 Å². The molecule has 1 aliphatic rings. The highest BCUT2D eigenvalue weighted by Gasteiger charge is 2.23. The molecule has 0 aliphatic carbocycles. The van der Waals surface area contributed by atoms with Crippen molar-refractivity contribution in [3.8, 4) is 28.4 Å². The van der Waals surface area contributed by atoms with E-state index in [2.05, 4.69) is 0 Å². The highest BCUT2D eigenvalue weighted by Crippen LogP contribution is 2.40. The van der Waals surface area contributed by atoms with Gasteiger partial charge in [0.05, 0.1) is 12.2 Å². The van der Waals surface area contributed by atoms with Crippen molar-refractivity contribution in [2.24, 2.45) is 0 Å². The number of phenols is 2. The zero-order chi connectivity index (χ0) is 15.3. The van der Waals surface area contributed by atoms with Crippen LogP contribution in [0, 0.1) is 0 Å². The minimum Gasteiger partial charge on any atom is -0.508 e. The van der Waals surface area contributed by atoms with Crippen molar-refractivity contribution in [3.63, 3.8) is 0 Å². The summed E-state index contributed by atoms with van der Waals surface area (Å²) in [4.78, 5) is 12.7. The molecule has 0 bridgehead atoms. The molecule has 1 aliphatic heterocycles. The van der Waals surface area contributed by atoms with Gasteiger partial charge in [-0.2, -0.15) is 0 Å². The van der Waals surface area contributed by atoms with Crippen LogP contribution < -0.4 is 10.2 Å². The Morgan fingerprint density at radius 2 is 1.86 bits per heavy atom. The highest BCUT2D eigenvalue weighted by atomic mass is 16.5. The van der Waals surface area contributed by atoms with Crippen LogP contribution in [0.1, 0.15) is 5.56 Å². The van der Waals surface area contributed by atoms with E-state index in [1.54, 1.807) is 18.2 Å². The molecule has 0 radical (unpaired) electrons. The number of hydrogen-bond acceptors (Lipinski definition) is 5. The Hall–Kier alpha value is -2.95. The summed E-state index contributed by atoms with van der Waals surface area (Å²) in [6.07, 6.45) is 2.06. The van der Waals surface area contributed by atoms with Crippen LogP contribution in [0.5, 0.6) is 17.2 Å². The van der Waals surface area contributed by atoms with Gasteiger partial charge in [0.25, 0.3) is 0 Å². The predicted octanol–water partition coefficient (Wildman–Crippen LogP) is 2.81. The molecule has 0 atom stereocenters. The van der Waals surface area contributed by atoms with Crippen molar-refractivity contribution in [2.75, 3.05) is 6.61 Å². The van der Waals surface area contributed by atoms with E-state index in [0.29, 0.717) is 35.5 Å². The number of phenolic OH excluding ortho intramolecular Hbond substituents is 2. The lowest BCUT2D eigenvalue weighted by atomic mass is 10.0. The van der Waals surface area contributed by atoms with Gasteiger partial charge in [-0.1, -0.05) is 12.1 Å². The molecule has 0 saturated carbocycles. The molecule has 0 fully saturated rings. The maximum Gasteiger partial charge on any atom is 0.204 e. The summed E-state index contributed by atoms with van der Waals surface area (Å²) in [5.41, 5.74) is 1.78. The Morgan fingerprint density at radius 3 is 2.64 bits per heavy atom. The lowest BCUT2D eigenvalue weighted by molar-refractivity contribution is 0.336. The Labute approximate surface area is 125 Å². The van der Waals surface area contributed by atoms with E-state index in [0.717, 1.165) is 5.56 Å². The number of rotatable bonds is 1. The van der Waals surface area contributed by atoms with Crippen molar-refractivity contribution < 1.29 is 19.4 Å². The molecule has 0 spiro atoms. The molecular formula is C17H12O5. The molecule has 4 rings (SSSR count). The second-order valence-corrected chi connectivity index (χ2v) is 5.21. The Balaban J connectivity index is 2.02. The fraction of sp³-hybridized carbons (Fsp3) is 0.118. The molecule has 2 N–H and O–H groups in total. The Morgan fingerprint density at radius 1 is 1.09 bits per heavy atom. The molecule has 0 amide bonds. The second kappa shape index (κ2) is 4.53. The standard InChI is InChI=1S/C17H12O5/c18-11-3-1-9(2-4-11)12-8-22-13-7-10-5-6-21-17(10)16(20)14(13)15(12)19/h1-4,7-8,18,20H,5-6H2. The molecule has 110 valence electrons. The number of aromatic hydroxyl groups is 2. The van der Waals surface area contributed by atoms with Crippen LogP contribution in [-0.2, 0) is 6.42 Å². The first-order valence-electron chi connectivity index (χ1n) is 6.87. The van der Waals surface area contributed by atoms with E-state index < -0.39 is 0 Å². The van der Waals surface area contributed by atoms with Crippen molar-refractivity contribution in [3.05, 3.63) is 52.4 Å². The molecule has 5 heteroatoms. The third kappa shape index (κ3) is 1.75. The summed E-state index contributed by atoms with van der Waals surface area (Å²) >= 11 is 0. The minimum absolute atomic E-state index is 0.114. The number of hydrogen-bond donors (Lipinski definition) is 2. The van der Waals surface area contributed by atoms with E-state index in [1.807, 2.05) is 0 Å². The van der Waals surface area contributed by atoms with E-state index in [9.17, 15) is 15.0 Å². The van der Waals surface area contributed by atoms with Gasteiger partial charge in [0.1, 0.15) is 23.0 Å². The van der Waals surface area contributed by atoms with Crippen LogP contribution in [0.15, 0.2) is 45.8 Å². The number of ether oxygens (including phenoxy) is 1. The van der Waals surface area contributed by atoms with Gasteiger partial charge in [0.15, 0.2) is 11.5 Å². The summed E-state index contributed by atoms with van der Waals surface area (Å²) in [6.45, 7) is 0.484. The van der Waals surface area contributed by atoms with Gasteiger partial charge in [0.2, 0.25) is 5.43 Å². The predicted molar refractivity (Wildman–Crippen MR) is 80.4 cm³/mol. The number of benzene rings is 2. The Kier molecular flexibility index (Phi) is 2.63. The molecule has 1 aromatic heterocycles. The molecule has 3 aromatic rings. The minimum atomic E-state index is -0.331. The van der Waals surface area contributed by atoms with Crippen LogP contribution >= 0.6 is 0 Å². The van der Waals surface area contributed by atoms with Gasteiger partial charge in [-0.25, -0.2) is 0 Å². The summed E-state index contributed by atoms with van der Waals surface area (Å²) in [7, 11) is 0. The van der Waals surface area contributed by atoms with Gasteiger partial charge in [-0.15, -0.1) is 0 Å². The van der Waals surface area contributed by atoms with Crippen LogP contribution in [0.3, 0.4) is 0 Å². The zero-order valence-corrected chi connectivity index (χ0v) is 11.5. The first kappa shape index (κ1) is 12.8. The molecule has 2 aromatic carbocycles. The molecule has 0 saturated heterocycles. The lowest BCUT2D eigenvalue weighted by Gasteiger charge is -2.07. The summed E-state index contributed by atoms with van der Waals surface area (Å²) in [5.74, 6) is 0.310. The van der Waals surface area contributed by atoms with E-state index in [-0.39, 0.29) is 22.3 Å². The highest BCUT2D eigenvalue weighted by molar-refractivity contribution is 5.90. The molecular weight excluding hydrogens is 284 g/mol. The van der Waals surface area contributed by atoms with E-state index in [4.69, 9.17) is 9.15 Å².